The number of anilines is 1. The van der Waals surface area contributed by atoms with Gasteiger partial charge in [0.1, 0.15) is 11.3 Å². The molecule has 1 atom stereocenters. The molecule has 6 nitrogen and oxygen atoms in total. The third kappa shape index (κ3) is 2.59. The van der Waals surface area contributed by atoms with Crippen LogP contribution in [0.15, 0.2) is 18.2 Å². The normalized spacial score (nSPS) is 18.6. The van der Waals surface area contributed by atoms with E-state index in [1.807, 2.05) is 4.90 Å². The van der Waals surface area contributed by atoms with Crippen molar-refractivity contribution in [1.29, 1.82) is 0 Å². The van der Waals surface area contributed by atoms with E-state index in [1.165, 1.54) is 6.07 Å². The van der Waals surface area contributed by atoms with Gasteiger partial charge in [-0.05, 0) is 30.4 Å². The molecule has 1 unspecified atom stereocenters. The lowest BCUT2D eigenvalue weighted by atomic mass is 9.95. The van der Waals surface area contributed by atoms with Gasteiger partial charge in [-0.2, -0.15) is 0 Å². The SMILES string of the molecule is CC(C)C1CCN(c2cccc(C(=O)O)c2[N+](=O)[O-])C1. The fourth-order valence-electron chi connectivity index (χ4n) is 2.70. The van der Waals surface area contributed by atoms with Crippen LogP contribution in [0.5, 0.6) is 0 Å². The Kier molecular flexibility index (Phi) is 3.92. The number of carboxylic acid groups (broad SMARTS) is 1. The molecule has 1 fully saturated rings. The number of carbonyl (C=O) groups is 1. The first-order chi connectivity index (χ1) is 9.41. The van der Waals surface area contributed by atoms with E-state index < -0.39 is 10.9 Å². The molecule has 6 heteroatoms. The molecular formula is C14H18N2O4. The second kappa shape index (κ2) is 5.48. The number of para-hydroxylation sites is 1. The quantitative estimate of drug-likeness (QED) is 0.676. The lowest BCUT2D eigenvalue weighted by molar-refractivity contribution is -0.384. The summed E-state index contributed by atoms with van der Waals surface area (Å²) in [5, 5.41) is 20.3. The van der Waals surface area contributed by atoms with Crippen LogP contribution in [-0.2, 0) is 0 Å². The van der Waals surface area contributed by atoms with Crippen molar-refractivity contribution in [2.24, 2.45) is 11.8 Å². The maximum absolute atomic E-state index is 11.2. The predicted octanol–water partition coefficient (Wildman–Crippen LogP) is 2.78. The first-order valence-electron chi connectivity index (χ1n) is 6.67. The van der Waals surface area contributed by atoms with Gasteiger partial charge in [-0.25, -0.2) is 4.79 Å². The standard InChI is InChI=1S/C14H18N2O4/c1-9(2)10-6-7-15(8-10)12-5-3-4-11(14(17)18)13(12)16(19)20/h3-5,9-10H,6-8H2,1-2H3,(H,17,18). The first-order valence-corrected chi connectivity index (χ1v) is 6.67. The van der Waals surface area contributed by atoms with Crippen LogP contribution in [0.1, 0.15) is 30.6 Å². The fraction of sp³-hybridized carbons (Fsp3) is 0.500. The molecular weight excluding hydrogens is 260 g/mol. The molecule has 0 amide bonds. The number of aromatic carboxylic acids is 1. The third-order valence-corrected chi connectivity index (χ3v) is 3.94. The van der Waals surface area contributed by atoms with Crippen LogP contribution < -0.4 is 4.90 Å². The highest BCUT2D eigenvalue weighted by atomic mass is 16.6. The van der Waals surface area contributed by atoms with Crippen LogP contribution in [0.3, 0.4) is 0 Å². The van der Waals surface area contributed by atoms with E-state index in [4.69, 9.17) is 5.11 Å². The van der Waals surface area contributed by atoms with Crippen LogP contribution in [-0.4, -0.2) is 29.1 Å². The van der Waals surface area contributed by atoms with Gasteiger partial charge in [0.25, 0.3) is 0 Å². The Morgan fingerprint density at radius 3 is 2.70 bits per heavy atom. The van der Waals surface area contributed by atoms with E-state index in [9.17, 15) is 14.9 Å². The second-order valence-corrected chi connectivity index (χ2v) is 5.47. The minimum atomic E-state index is -1.27. The van der Waals surface area contributed by atoms with E-state index in [2.05, 4.69) is 13.8 Å². The molecule has 2 rings (SSSR count). The molecule has 1 aliphatic rings. The molecule has 1 saturated heterocycles. The van der Waals surface area contributed by atoms with Crippen molar-refractivity contribution in [2.45, 2.75) is 20.3 Å². The van der Waals surface area contributed by atoms with E-state index in [0.717, 1.165) is 19.5 Å². The third-order valence-electron chi connectivity index (χ3n) is 3.94. The Labute approximate surface area is 117 Å². The molecule has 108 valence electrons. The molecule has 1 aromatic carbocycles. The number of rotatable bonds is 4. The summed E-state index contributed by atoms with van der Waals surface area (Å²) in [4.78, 5) is 23.7. The monoisotopic (exact) mass is 278 g/mol. The molecule has 1 heterocycles. The Morgan fingerprint density at radius 1 is 1.50 bits per heavy atom. The lowest BCUT2D eigenvalue weighted by Gasteiger charge is -2.20. The summed E-state index contributed by atoms with van der Waals surface area (Å²) in [7, 11) is 0. The zero-order valence-corrected chi connectivity index (χ0v) is 11.6. The summed E-state index contributed by atoms with van der Waals surface area (Å²) in [6.07, 6.45) is 0.978. The van der Waals surface area contributed by atoms with Gasteiger partial charge in [-0.1, -0.05) is 19.9 Å². The van der Waals surface area contributed by atoms with Gasteiger partial charge in [-0.15, -0.1) is 0 Å². The van der Waals surface area contributed by atoms with E-state index in [-0.39, 0.29) is 11.3 Å². The van der Waals surface area contributed by atoms with Crippen molar-refractivity contribution in [1.82, 2.24) is 0 Å². The number of nitro groups is 1. The van der Waals surface area contributed by atoms with Crippen molar-refractivity contribution in [2.75, 3.05) is 18.0 Å². The summed E-state index contributed by atoms with van der Waals surface area (Å²) >= 11 is 0. The highest BCUT2D eigenvalue weighted by Gasteiger charge is 2.32. The summed E-state index contributed by atoms with van der Waals surface area (Å²) in [5.41, 5.74) is -0.136. The van der Waals surface area contributed by atoms with Crippen molar-refractivity contribution >= 4 is 17.3 Å². The van der Waals surface area contributed by atoms with Crippen molar-refractivity contribution in [3.05, 3.63) is 33.9 Å². The molecule has 1 aromatic rings. The Bertz CT molecular complexity index is 542. The highest BCUT2D eigenvalue weighted by molar-refractivity contribution is 5.95. The van der Waals surface area contributed by atoms with Crippen LogP contribution in [0.2, 0.25) is 0 Å². The Balaban J connectivity index is 2.40. The molecule has 0 spiro atoms. The summed E-state index contributed by atoms with van der Waals surface area (Å²) < 4.78 is 0. The Morgan fingerprint density at radius 2 is 2.20 bits per heavy atom. The molecule has 0 radical (unpaired) electrons. The molecule has 0 saturated carbocycles. The number of benzene rings is 1. The van der Waals surface area contributed by atoms with Crippen LogP contribution in [0.4, 0.5) is 11.4 Å². The van der Waals surface area contributed by atoms with E-state index in [0.29, 0.717) is 17.5 Å². The molecule has 20 heavy (non-hydrogen) atoms. The number of nitro benzene ring substituents is 1. The maximum atomic E-state index is 11.2. The fourth-order valence-corrected chi connectivity index (χ4v) is 2.70. The molecule has 0 aromatic heterocycles. The zero-order valence-electron chi connectivity index (χ0n) is 11.6. The molecule has 1 aliphatic heterocycles. The summed E-state index contributed by atoms with van der Waals surface area (Å²) in [6.45, 7) is 5.74. The number of carboxylic acids is 1. The molecule has 1 N–H and O–H groups in total. The zero-order chi connectivity index (χ0) is 14.9. The van der Waals surface area contributed by atoms with Gasteiger partial charge in [0.2, 0.25) is 0 Å². The number of hydrogen-bond donors (Lipinski definition) is 1. The predicted molar refractivity (Wildman–Crippen MR) is 75.2 cm³/mol. The summed E-state index contributed by atoms with van der Waals surface area (Å²) in [6, 6.07) is 4.47. The smallest absolute Gasteiger partial charge is 0.342 e. The van der Waals surface area contributed by atoms with Crippen LogP contribution in [0, 0.1) is 22.0 Å². The second-order valence-electron chi connectivity index (χ2n) is 5.47. The van der Waals surface area contributed by atoms with E-state index >= 15 is 0 Å². The minimum absolute atomic E-state index is 0.250. The van der Waals surface area contributed by atoms with Gasteiger partial charge >= 0.3 is 11.7 Å². The lowest BCUT2D eigenvalue weighted by Crippen LogP contribution is -2.22. The van der Waals surface area contributed by atoms with Crippen LogP contribution in [0.25, 0.3) is 0 Å². The van der Waals surface area contributed by atoms with Gasteiger partial charge < -0.3 is 10.0 Å². The average Bonchev–Trinajstić information content (AvgIpc) is 2.87. The largest absolute Gasteiger partial charge is 0.477 e. The first kappa shape index (κ1) is 14.3. The molecule has 0 bridgehead atoms. The average molecular weight is 278 g/mol. The van der Waals surface area contributed by atoms with Crippen molar-refractivity contribution in [3.63, 3.8) is 0 Å². The van der Waals surface area contributed by atoms with Crippen LogP contribution >= 0.6 is 0 Å². The molecule has 0 aliphatic carbocycles. The maximum Gasteiger partial charge on any atom is 0.342 e. The van der Waals surface area contributed by atoms with Gasteiger partial charge in [0, 0.05) is 13.1 Å². The minimum Gasteiger partial charge on any atom is -0.477 e. The van der Waals surface area contributed by atoms with E-state index in [1.54, 1.807) is 12.1 Å². The van der Waals surface area contributed by atoms with Crippen molar-refractivity contribution < 1.29 is 14.8 Å². The number of nitrogens with zero attached hydrogens (tertiary/aromatic N) is 2. The summed E-state index contributed by atoms with van der Waals surface area (Å²) in [5.74, 6) is -0.261. The van der Waals surface area contributed by atoms with Gasteiger partial charge in [0.15, 0.2) is 0 Å². The van der Waals surface area contributed by atoms with Gasteiger partial charge in [-0.3, -0.25) is 10.1 Å². The topological polar surface area (TPSA) is 83.7 Å². The van der Waals surface area contributed by atoms with Crippen molar-refractivity contribution in [3.8, 4) is 0 Å². The highest BCUT2D eigenvalue weighted by Crippen LogP contribution is 2.36. The van der Waals surface area contributed by atoms with Gasteiger partial charge in [0.05, 0.1) is 4.92 Å². The number of hydrogen-bond acceptors (Lipinski definition) is 4. The Hall–Kier alpha value is -2.11.